The Balaban J connectivity index is 2.26. The second kappa shape index (κ2) is 9.68. The summed E-state index contributed by atoms with van der Waals surface area (Å²) in [6, 6.07) is 8.94. The van der Waals surface area contributed by atoms with Gasteiger partial charge < -0.3 is 14.6 Å². The van der Waals surface area contributed by atoms with E-state index in [2.05, 4.69) is 4.74 Å². The number of rotatable bonds is 7. The molecule has 8 heteroatoms. The molecule has 31 heavy (non-hydrogen) atoms. The maximum absolute atomic E-state index is 14.6. The molecular weight excluding hydrogens is 416 g/mol. The first-order valence-corrected chi connectivity index (χ1v) is 9.87. The topological polar surface area (TPSA) is 55.8 Å². The molecule has 0 heterocycles. The van der Waals surface area contributed by atoms with Crippen molar-refractivity contribution in [1.29, 1.82) is 0 Å². The van der Waals surface area contributed by atoms with Crippen LogP contribution in [0, 0.1) is 5.82 Å². The third kappa shape index (κ3) is 7.24. The zero-order valence-corrected chi connectivity index (χ0v) is 17.8. The van der Waals surface area contributed by atoms with E-state index in [1.807, 2.05) is 6.92 Å². The maximum Gasteiger partial charge on any atom is 0.573 e. The van der Waals surface area contributed by atoms with Crippen molar-refractivity contribution in [2.24, 2.45) is 0 Å². The molecule has 0 saturated carbocycles. The minimum atomic E-state index is -4.81. The van der Waals surface area contributed by atoms with E-state index in [-0.39, 0.29) is 5.56 Å². The van der Waals surface area contributed by atoms with Gasteiger partial charge in [0.1, 0.15) is 17.2 Å². The summed E-state index contributed by atoms with van der Waals surface area (Å²) in [6.45, 7) is 6.92. The molecule has 0 unspecified atom stereocenters. The van der Waals surface area contributed by atoms with Crippen LogP contribution in [0.5, 0.6) is 5.75 Å². The van der Waals surface area contributed by atoms with E-state index in [0.717, 1.165) is 12.1 Å². The Morgan fingerprint density at radius 3 is 2.10 bits per heavy atom. The van der Waals surface area contributed by atoms with E-state index in [4.69, 9.17) is 4.74 Å². The molecule has 170 valence electrons. The van der Waals surface area contributed by atoms with Crippen LogP contribution >= 0.6 is 0 Å². The summed E-state index contributed by atoms with van der Waals surface area (Å²) in [6.07, 6.45) is -4.73. The van der Waals surface area contributed by atoms with E-state index in [1.165, 1.54) is 24.3 Å². The number of aliphatic hydroxyl groups excluding tert-OH is 1. The number of carbonyl (C=O) groups excluding carboxylic acids is 1. The van der Waals surface area contributed by atoms with Crippen molar-refractivity contribution in [3.63, 3.8) is 0 Å². The Morgan fingerprint density at radius 2 is 1.61 bits per heavy atom. The number of halogens is 4. The van der Waals surface area contributed by atoms with Gasteiger partial charge in [-0.25, -0.2) is 9.18 Å². The van der Waals surface area contributed by atoms with Gasteiger partial charge in [0.15, 0.2) is 0 Å². The van der Waals surface area contributed by atoms with Crippen LogP contribution in [0.1, 0.15) is 74.0 Å². The molecule has 0 amide bonds. The van der Waals surface area contributed by atoms with E-state index >= 15 is 0 Å². The predicted molar refractivity (Wildman–Crippen MR) is 107 cm³/mol. The van der Waals surface area contributed by atoms with Gasteiger partial charge in [0.2, 0.25) is 0 Å². The normalized spacial score (nSPS) is 14.1. The molecule has 0 aromatic heterocycles. The van der Waals surface area contributed by atoms with Gasteiger partial charge in [-0.3, -0.25) is 0 Å². The van der Waals surface area contributed by atoms with Crippen molar-refractivity contribution in [2.75, 3.05) is 0 Å². The second-order valence-corrected chi connectivity index (χ2v) is 8.20. The second-order valence-electron chi connectivity index (χ2n) is 8.20. The summed E-state index contributed by atoms with van der Waals surface area (Å²) in [5.74, 6) is -2.48. The van der Waals surface area contributed by atoms with E-state index < -0.39 is 41.5 Å². The highest BCUT2D eigenvalue weighted by molar-refractivity contribution is 5.90. The van der Waals surface area contributed by atoms with E-state index in [1.54, 1.807) is 26.8 Å². The fraction of sp³-hybridized carbons (Fsp3) is 0.435. The summed E-state index contributed by atoms with van der Waals surface area (Å²) in [7, 11) is 0. The molecule has 2 atom stereocenters. The van der Waals surface area contributed by atoms with Crippen LogP contribution in [-0.4, -0.2) is 23.0 Å². The maximum atomic E-state index is 14.6. The van der Waals surface area contributed by atoms with Crippen LogP contribution in [0.25, 0.3) is 0 Å². The molecule has 2 aromatic rings. The highest BCUT2D eigenvalue weighted by Crippen LogP contribution is 2.36. The van der Waals surface area contributed by atoms with Gasteiger partial charge in [0.25, 0.3) is 0 Å². The number of carbonyl (C=O) groups is 1. The lowest BCUT2D eigenvalue weighted by Gasteiger charge is -2.24. The van der Waals surface area contributed by atoms with Crippen molar-refractivity contribution in [1.82, 2.24) is 0 Å². The van der Waals surface area contributed by atoms with Crippen LogP contribution in [0.4, 0.5) is 17.6 Å². The van der Waals surface area contributed by atoms with Crippen LogP contribution in [0.3, 0.4) is 0 Å². The number of hydrogen-bond donors (Lipinski definition) is 1. The summed E-state index contributed by atoms with van der Waals surface area (Å²) in [4.78, 5) is 12.2. The molecule has 0 spiro atoms. The lowest BCUT2D eigenvalue weighted by molar-refractivity contribution is -0.274. The summed E-state index contributed by atoms with van der Waals surface area (Å²) in [5, 5.41) is 10.8. The Bertz CT molecular complexity index is 886. The number of aliphatic hydroxyl groups is 1. The number of alkyl halides is 3. The first-order valence-electron chi connectivity index (χ1n) is 9.87. The molecule has 0 aliphatic heterocycles. The van der Waals surface area contributed by atoms with Crippen molar-refractivity contribution in [2.45, 2.75) is 64.5 Å². The molecule has 0 radical (unpaired) electrons. The monoisotopic (exact) mass is 442 g/mol. The van der Waals surface area contributed by atoms with E-state index in [9.17, 15) is 27.5 Å². The van der Waals surface area contributed by atoms with Crippen molar-refractivity contribution >= 4 is 5.97 Å². The molecule has 2 rings (SSSR count). The van der Waals surface area contributed by atoms with Gasteiger partial charge in [-0.1, -0.05) is 31.5 Å². The average Bonchev–Trinajstić information content (AvgIpc) is 2.63. The highest BCUT2D eigenvalue weighted by Gasteiger charge is 2.31. The molecule has 0 aliphatic rings. The van der Waals surface area contributed by atoms with Crippen LogP contribution in [0.15, 0.2) is 42.5 Å². The molecule has 0 fully saturated rings. The lowest BCUT2D eigenvalue weighted by atomic mass is 9.85. The van der Waals surface area contributed by atoms with Gasteiger partial charge >= 0.3 is 12.3 Å². The van der Waals surface area contributed by atoms with Gasteiger partial charge in [0.05, 0.1) is 11.7 Å². The van der Waals surface area contributed by atoms with Gasteiger partial charge in [-0.15, -0.1) is 13.2 Å². The third-order valence-corrected chi connectivity index (χ3v) is 4.48. The molecule has 0 saturated heterocycles. The van der Waals surface area contributed by atoms with Crippen LogP contribution in [0.2, 0.25) is 0 Å². The third-order valence-electron chi connectivity index (χ3n) is 4.48. The molecule has 0 bridgehead atoms. The average molecular weight is 442 g/mol. The zero-order valence-electron chi connectivity index (χ0n) is 17.8. The minimum absolute atomic E-state index is 0.211. The highest BCUT2D eigenvalue weighted by atomic mass is 19.4. The number of ether oxygens (including phenoxy) is 2. The zero-order chi connectivity index (χ0) is 23.4. The Morgan fingerprint density at radius 1 is 1.03 bits per heavy atom. The Labute approximate surface area is 178 Å². The van der Waals surface area contributed by atoms with Crippen molar-refractivity contribution in [3.05, 3.63) is 65.0 Å². The quantitative estimate of drug-likeness (QED) is 0.404. The van der Waals surface area contributed by atoms with Crippen LogP contribution in [-0.2, 0) is 4.74 Å². The first kappa shape index (κ1) is 24.7. The Kier molecular flexibility index (Phi) is 7.70. The van der Waals surface area contributed by atoms with Gasteiger partial charge in [-0.05, 0) is 62.6 Å². The van der Waals surface area contributed by atoms with Gasteiger partial charge in [-0.2, -0.15) is 0 Å². The van der Waals surface area contributed by atoms with Gasteiger partial charge in [0, 0.05) is 5.92 Å². The number of hydrogen-bond acceptors (Lipinski definition) is 4. The molecule has 0 aliphatic carbocycles. The van der Waals surface area contributed by atoms with Crippen molar-refractivity contribution < 1.29 is 36.9 Å². The molecule has 4 nitrogen and oxygen atoms in total. The predicted octanol–water partition coefficient (Wildman–Crippen LogP) is 6.30. The molecule has 1 N–H and O–H groups in total. The summed E-state index contributed by atoms with van der Waals surface area (Å²) < 4.78 is 60.7. The van der Waals surface area contributed by atoms with E-state index in [0.29, 0.717) is 24.0 Å². The standard InChI is InChI=1S/C23H26F4O4/c1-5-6-17(20(28)14-7-10-16(11-8-14)30-23(25,26)27)15-9-12-18(19(24)13-15)21(29)31-22(2,3)4/h7-13,17,20,28H,5-6H2,1-4H3/t17-,20+/m0/s1. The Hall–Kier alpha value is -2.61. The summed E-state index contributed by atoms with van der Waals surface area (Å²) >= 11 is 0. The first-order chi connectivity index (χ1) is 14.3. The largest absolute Gasteiger partial charge is 0.573 e. The SMILES string of the molecule is CCC[C@@H](c1ccc(C(=O)OC(C)(C)C)c(F)c1)[C@H](O)c1ccc(OC(F)(F)F)cc1. The van der Waals surface area contributed by atoms with Crippen molar-refractivity contribution in [3.8, 4) is 5.75 Å². The minimum Gasteiger partial charge on any atom is -0.456 e. The number of esters is 1. The fourth-order valence-electron chi connectivity index (χ4n) is 3.18. The summed E-state index contributed by atoms with van der Waals surface area (Å²) in [5.41, 5.74) is -0.151. The number of benzene rings is 2. The smallest absolute Gasteiger partial charge is 0.456 e. The molecule has 2 aromatic carbocycles. The lowest BCUT2D eigenvalue weighted by Crippen LogP contribution is -2.24. The van der Waals surface area contributed by atoms with Crippen LogP contribution < -0.4 is 4.74 Å². The fourth-order valence-corrected chi connectivity index (χ4v) is 3.18. The molecular formula is C23H26F4O4.